The fourth-order valence-corrected chi connectivity index (χ4v) is 2.73. The summed E-state index contributed by atoms with van der Waals surface area (Å²) >= 11 is 0. The average Bonchev–Trinajstić information content (AvgIpc) is 3.17. The third kappa shape index (κ3) is 4.11. The van der Waals surface area contributed by atoms with Crippen LogP contribution in [0, 0.1) is 13.8 Å². The standard InChI is InChI=1S/C16H21N7O2/c1-10-7-11(2)23(22-10)14-8-13(19-9-20-14)17-5-6-18-16(25)12-3-4-15(24)21-12/h7-9,12H,3-6H2,1-2H3,(H,18,25)(H,21,24)(H,17,19,20). The largest absolute Gasteiger partial charge is 0.368 e. The summed E-state index contributed by atoms with van der Waals surface area (Å²) in [7, 11) is 0. The average molecular weight is 343 g/mol. The molecule has 0 radical (unpaired) electrons. The third-order valence-corrected chi connectivity index (χ3v) is 3.92. The number of amides is 2. The summed E-state index contributed by atoms with van der Waals surface area (Å²) < 4.78 is 1.76. The highest BCUT2D eigenvalue weighted by molar-refractivity contribution is 5.90. The van der Waals surface area contributed by atoms with Crippen molar-refractivity contribution in [1.29, 1.82) is 0 Å². The number of carbonyl (C=O) groups excluding carboxylic acids is 2. The first kappa shape index (κ1) is 16.9. The van der Waals surface area contributed by atoms with Gasteiger partial charge >= 0.3 is 0 Å². The number of rotatable bonds is 6. The highest BCUT2D eigenvalue weighted by Crippen LogP contribution is 2.12. The first-order valence-corrected chi connectivity index (χ1v) is 8.19. The molecule has 2 amide bonds. The Labute approximate surface area is 145 Å². The SMILES string of the molecule is Cc1cc(C)n(-c2cc(NCCNC(=O)C3CCC(=O)N3)ncn2)n1. The van der Waals surface area contributed by atoms with Crippen molar-refractivity contribution < 1.29 is 9.59 Å². The van der Waals surface area contributed by atoms with Gasteiger partial charge in [0.2, 0.25) is 11.8 Å². The van der Waals surface area contributed by atoms with Crippen LogP contribution in [0.4, 0.5) is 5.82 Å². The number of hydrogen-bond donors (Lipinski definition) is 3. The Hall–Kier alpha value is -2.97. The summed E-state index contributed by atoms with van der Waals surface area (Å²) in [5.41, 5.74) is 1.92. The van der Waals surface area contributed by atoms with E-state index in [2.05, 4.69) is 31.0 Å². The predicted molar refractivity (Wildman–Crippen MR) is 91.3 cm³/mol. The van der Waals surface area contributed by atoms with Crippen LogP contribution in [0.15, 0.2) is 18.5 Å². The van der Waals surface area contributed by atoms with Gasteiger partial charge in [0, 0.05) is 31.3 Å². The Morgan fingerprint density at radius 3 is 2.84 bits per heavy atom. The van der Waals surface area contributed by atoms with Crippen molar-refractivity contribution in [1.82, 2.24) is 30.4 Å². The molecule has 1 unspecified atom stereocenters. The smallest absolute Gasteiger partial charge is 0.242 e. The van der Waals surface area contributed by atoms with E-state index in [9.17, 15) is 9.59 Å². The second-order valence-corrected chi connectivity index (χ2v) is 5.98. The molecule has 1 fully saturated rings. The monoisotopic (exact) mass is 343 g/mol. The van der Waals surface area contributed by atoms with Gasteiger partial charge in [0.25, 0.3) is 0 Å². The number of hydrogen-bond acceptors (Lipinski definition) is 6. The van der Waals surface area contributed by atoms with Crippen LogP contribution in [0.3, 0.4) is 0 Å². The van der Waals surface area contributed by atoms with Crippen molar-refractivity contribution >= 4 is 17.6 Å². The van der Waals surface area contributed by atoms with Crippen molar-refractivity contribution in [2.75, 3.05) is 18.4 Å². The summed E-state index contributed by atoms with van der Waals surface area (Å²) in [5.74, 6) is 1.11. The zero-order valence-electron chi connectivity index (χ0n) is 14.2. The Morgan fingerprint density at radius 2 is 2.16 bits per heavy atom. The van der Waals surface area contributed by atoms with E-state index in [0.29, 0.717) is 37.6 Å². The van der Waals surface area contributed by atoms with Gasteiger partial charge in [-0.3, -0.25) is 9.59 Å². The van der Waals surface area contributed by atoms with Gasteiger partial charge in [-0.1, -0.05) is 0 Å². The summed E-state index contributed by atoms with van der Waals surface area (Å²) in [4.78, 5) is 31.4. The lowest BCUT2D eigenvalue weighted by Gasteiger charge is -2.12. The van der Waals surface area contributed by atoms with Crippen molar-refractivity contribution in [3.63, 3.8) is 0 Å². The Balaban J connectivity index is 1.50. The molecule has 2 aromatic heterocycles. The van der Waals surface area contributed by atoms with Crippen LogP contribution in [0.2, 0.25) is 0 Å². The Bertz CT molecular complexity index is 787. The van der Waals surface area contributed by atoms with Crippen LogP contribution in [-0.2, 0) is 9.59 Å². The molecule has 1 saturated heterocycles. The van der Waals surface area contributed by atoms with E-state index < -0.39 is 6.04 Å². The zero-order valence-corrected chi connectivity index (χ0v) is 14.2. The minimum atomic E-state index is -0.413. The zero-order chi connectivity index (χ0) is 17.8. The number of anilines is 1. The lowest BCUT2D eigenvalue weighted by atomic mass is 10.2. The van der Waals surface area contributed by atoms with E-state index in [4.69, 9.17) is 0 Å². The Morgan fingerprint density at radius 1 is 1.32 bits per heavy atom. The van der Waals surface area contributed by atoms with E-state index in [1.807, 2.05) is 19.9 Å². The molecule has 9 nitrogen and oxygen atoms in total. The molecule has 0 spiro atoms. The summed E-state index contributed by atoms with van der Waals surface area (Å²) in [6.07, 6.45) is 2.43. The van der Waals surface area contributed by atoms with Crippen molar-refractivity contribution in [3.05, 3.63) is 29.8 Å². The van der Waals surface area contributed by atoms with Gasteiger partial charge in [-0.25, -0.2) is 14.6 Å². The number of carbonyl (C=O) groups is 2. The summed E-state index contributed by atoms with van der Waals surface area (Å²) in [5, 5.41) is 13.0. The van der Waals surface area contributed by atoms with Gasteiger partial charge in [-0.2, -0.15) is 5.10 Å². The molecule has 1 atom stereocenters. The molecular weight excluding hydrogens is 322 g/mol. The Kier molecular flexibility index (Phi) is 4.92. The molecular formula is C16H21N7O2. The minimum absolute atomic E-state index is 0.0732. The molecule has 3 heterocycles. The van der Waals surface area contributed by atoms with E-state index in [0.717, 1.165) is 11.4 Å². The molecule has 0 bridgehead atoms. The van der Waals surface area contributed by atoms with Crippen LogP contribution in [0.25, 0.3) is 5.82 Å². The molecule has 0 saturated carbocycles. The van der Waals surface area contributed by atoms with E-state index in [-0.39, 0.29) is 11.8 Å². The molecule has 9 heteroatoms. The fraction of sp³-hybridized carbons (Fsp3) is 0.438. The normalized spacial score (nSPS) is 16.6. The van der Waals surface area contributed by atoms with Gasteiger partial charge in [-0.15, -0.1) is 0 Å². The molecule has 0 aliphatic carbocycles. The third-order valence-electron chi connectivity index (χ3n) is 3.92. The van der Waals surface area contributed by atoms with E-state index in [1.165, 1.54) is 6.33 Å². The summed E-state index contributed by atoms with van der Waals surface area (Å²) in [6, 6.07) is 3.37. The number of aryl methyl sites for hydroxylation is 2. The second-order valence-electron chi connectivity index (χ2n) is 5.98. The van der Waals surface area contributed by atoms with Crippen LogP contribution in [-0.4, -0.2) is 50.7 Å². The first-order valence-electron chi connectivity index (χ1n) is 8.19. The summed E-state index contributed by atoms with van der Waals surface area (Å²) in [6.45, 7) is 4.84. The molecule has 25 heavy (non-hydrogen) atoms. The minimum Gasteiger partial charge on any atom is -0.368 e. The van der Waals surface area contributed by atoms with E-state index in [1.54, 1.807) is 10.7 Å². The van der Waals surface area contributed by atoms with Gasteiger partial charge in [0.15, 0.2) is 5.82 Å². The number of aromatic nitrogens is 4. The number of nitrogens with one attached hydrogen (secondary N) is 3. The molecule has 3 rings (SSSR count). The van der Waals surface area contributed by atoms with Crippen molar-refractivity contribution in [2.24, 2.45) is 0 Å². The van der Waals surface area contributed by atoms with Crippen LogP contribution >= 0.6 is 0 Å². The maximum Gasteiger partial charge on any atom is 0.242 e. The maximum atomic E-state index is 11.9. The maximum absolute atomic E-state index is 11.9. The van der Waals surface area contributed by atoms with Crippen LogP contribution < -0.4 is 16.0 Å². The predicted octanol–water partition coefficient (Wildman–Crippen LogP) is 0.0858. The highest BCUT2D eigenvalue weighted by atomic mass is 16.2. The van der Waals surface area contributed by atoms with Gasteiger partial charge in [0.05, 0.1) is 5.69 Å². The number of nitrogens with zero attached hydrogens (tertiary/aromatic N) is 4. The molecule has 3 N–H and O–H groups in total. The van der Waals surface area contributed by atoms with Gasteiger partial charge in [-0.05, 0) is 26.3 Å². The topological polar surface area (TPSA) is 114 Å². The van der Waals surface area contributed by atoms with Gasteiger partial charge < -0.3 is 16.0 Å². The highest BCUT2D eigenvalue weighted by Gasteiger charge is 2.26. The lowest BCUT2D eigenvalue weighted by Crippen LogP contribution is -2.43. The molecule has 2 aromatic rings. The van der Waals surface area contributed by atoms with Gasteiger partial charge in [0.1, 0.15) is 18.2 Å². The van der Waals surface area contributed by atoms with Crippen LogP contribution in [0.5, 0.6) is 0 Å². The quantitative estimate of drug-likeness (QED) is 0.641. The first-order chi connectivity index (χ1) is 12.0. The van der Waals surface area contributed by atoms with Crippen molar-refractivity contribution in [2.45, 2.75) is 32.7 Å². The fourth-order valence-electron chi connectivity index (χ4n) is 2.73. The van der Waals surface area contributed by atoms with Crippen LogP contribution in [0.1, 0.15) is 24.2 Å². The molecule has 0 aromatic carbocycles. The second kappa shape index (κ2) is 7.29. The molecule has 1 aliphatic rings. The molecule has 1 aliphatic heterocycles. The van der Waals surface area contributed by atoms with E-state index >= 15 is 0 Å². The lowest BCUT2D eigenvalue weighted by molar-refractivity contribution is -0.125. The van der Waals surface area contributed by atoms with Crippen molar-refractivity contribution in [3.8, 4) is 5.82 Å². The molecule has 132 valence electrons.